The molecule has 1 aromatic rings. The molecule has 0 radical (unpaired) electrons. The third-order valence-corrected chi connectivity index (χ3v) is 4.20. The molecule has 1 aromatic carbocycles. The number of hydrogen-bond acceptors (Lipinski definition) is 2. The van der Waals surface area contributed by atoms with Gasteiger partial charge < -0.3 is 10.6 Å². The zero-order valence-corrected chi connectivity index (χ0v) is 11.1. The van der Waals surface area contributed by atoms with E-state index in [4.69, 9.17) is 5.73 Å². The molecule has 2 aliphatic carbocycles. The Balaban J connectivity index is 1.85. The van der Waals surface area contributed by atoms with Crippen LogP contribution in [0.5, 0.6) is 0 Å². The van der Waals surface area contributed by atoms with Crippen LogP contribution in [0, 0.1) is 0 Å². The van der Waals surface area contributed by atoms with Gasteiger partial charge in [0.05, 0.1) is 5.41 Å². The van der Waals surface area contributed by atoms with Crippen molar-refractivity contribution in [3.63, 3.8) is 0 Å². The van der Waals surface area contributed by atoms with Gasteiger partial charge in [-0.2, -0.15) is 0 Å². The lowest BCUT2D eigenvalue weighted by Gasteiger charge is -2.26. The number of nitrogens with zero attached hydrogens (tertiary/aromatic N) is 1. The van der Waals surface area contributed by atoms with Crippen molar-refractivity contribution in [1.29, 1.82) is 0 Å². The first-order chi connectivity index (χ1) is 9.17. The average Bonchev–Trinajstić information content (AvgIpc) is 3.28. The molecule has 3 rings (SSSR count). The number of benzene rings is 1. The summed E-state index contributed by atoms with van der Waals surface area (Å²) < 4.78 is 0. The van der Waals surface area contributed by atoms with Crippen LogP contribution in [0.15, 0.2) is 36.9 Å². The van der Waals surface area contributed by atoms with Gasteiger partial charge in [0.1, 0.15) is 0 Å². The Morgan fingerprint density at radius 3 is 2.47 bits per heavy atom. The van der Waals surface area contributed by atoms with E-state index in [9.17, 15) is 4.79 Å². The molecule has 3 heteroatoms. The fourth-order valence-corrected chi connectivity index (χ4v) is 2.75. The molecule has 2 fully saturated rings. The molecule has 0 aliphatic heterocycles. The normalized spacial score (nSPS) is 19.8. The third-order valence-electron chi connectivity index (χ3n) is 4.20. The van der Waals surface area contributed by atoms with Crippen molar-refractivity contribution < 1.29 is 4.79 Å². The number of nitrogen functional groups attached to an aromatic ring is 1. The maximum atomic E-state index is 12.8. The summed E-state index contributed by atoms with van der Waals surface area (Å²) in [7, 11) is 0. The van der Waals surface area contributed by atoms with Crippen molar-refractivity contribution in [1.82, 2.24) is 4.90 Å². The second-order valence-corrected chi connectivity index (χ2v) is 5.68. The van der Waals surface area contributed by atoms with Crippen LogP contribution in [0.3, 0.4) is 0 Å². The van der Waals surface area contributed by atoms with Crippen molar-refractivity contribution >= 4 is 11.6 Å². The molecule has 2 saturated carbocycles. The van der Waals surface area contributed by atoms with Crippen LogP contribution in [0.4, 0.5) is 5.69 Å². The van der Waals surface area contributed by atoms with E-state index in [2.05, 4.69) is 6.58 Å². The van der Waals surface area contributed by atoms with Gasteiger partial charge in [-0.3, -0.25) is 4.79 Å². The Bertz CT molecular complexity index is 498. The first-order valence-corrected chi connectivity index (χ1v) is 6.95. The van der Waals surface area contributed by atoms with Crippen molar-refractivity contribution in [2.75, 3.05) is 12.3 Å². The Morgan fingerprint density at radius 1 is 1.37 bits per heavy atom. The van der Waals surface area contributed by atoms with Crippen molar-refractivity contribution in [2.24, 2.45) is 0 Å². The zero-order chi connectivity index (χ0) is 13.5. The Morgan fingerprint density at radius 2 is 2.00 bits per heavy atom. The Labute approximate surface area is 114 Å². The highest BCUT2D eigenvalue weighted by atomic mass is 16.2. The molecule has 0 atom stereocenters. The van der Waals surface area contributed by atoms with Gasteiger partial charge in [-0.1, -0.05) is 18.2 Å². The highest BCUT2D eigenvalue weighted by molar-refractivity contribution is 5.92. The van der Waals surface area contributed by atoms with Gasteiger partial charge in [0.2, 0.25) is 5.91 Å². The van der Waals surface area contributed by atoms with Gasteiger partial charge in [-0.05, 0) is 43.4 Å². The topological polar surface area (TPSA) is 46.3 Å². The second-order valence-electron chi connectivity index (χ2n) is 5.68. The minimum atomic E-state index is -0.278. The van der Waals surface area contributed by atoms with Gasteiger partial charge in [0.25, 0.3) is 0 Å². The fraction of sp³-hybridized carbons (Fsp3) is 0.438. The fourth-order valence-electron chi connectivity index (χ4n) is 2.75. The van der Waals surface area contributed by atoms with Crippen molar-refractivity contribution in [2.45, 2.75) is 37.1 Å². The average molecular weight is 256 g/mol. The maximum absolute atomic E-state index is 12.8. The molecule has 0 spiro atoms. The standard InChI is InChI=1S/C16H20N2O/c1-2-11-18(14-7-8-14)15(19)16(9-10-16)12-3-5-13(17)6-4-12/h2-6,14H,1,7-11,17H2. The van der Waals surface area contributed by atoms with Crippen LogP contribution >= 0.6 is 0 Å². The van der Waals surface area contributed by atoms with Crippen LogP contribution in [-0.2, 0) is 10.2 Å². The summed E-state index contributed by atoms with van der Waals surface area (Å²) in [6.45, 7) is 4.44. The molecule has 0 bridgehead atoms. The quantitative estimate of drug-likeness (QED) is 0.650. The number of nitrogens with two attached hydrogens (primary N) is 1. The van der Waals surface area contributed by atoms with Crippen LogP contribution in [0.1, 0.15) is 31.2 Å². The second kappa shape index (κ2) is 4.41. The SMILES string of the molecule is C=CCN(C(=O)C1(c2ccc(N)cc2)CC1)C1CC1. The largest absolute Gasteiger partial charge is 0.399 e. The lowest BCUT2D eigenvalue weighted by molar-refractivity contribution is -0.134. The predicted octanol–water partition coefficient (Wildman–Crippen LogP) is 2.48. The minimum Gasteiger partial charge on any atom is -0.399 e. The summed E-state index contributed by atoms with van der Waals surface area (Å²) in [5.74, 6) is 0.277. The molecule has 0 aromatic heterocycles. The first-order valence-electron chi connectivity index (χ1n) is 6.95. The van der Waals surface area contributed by atoms with E-state index in [0.29, 0.717) is 12.6 Å². The molecule has 0 unspecified atom stereocenters. The van der Waals surface area contributed by atoms with E-state index in [-0.39, 0.29) is 11.3 Å². The summed E-state index contributed by atoms with van der Waals surface area (Å²) in [6, 6.07) is 8.21. The van der Waals surface area contributed by atoms with E-state index in [0.717, 1.165) is 36.9 Å². The highest BCUT2D eigenvalue weighted by Crippen LogP contribution is 2.50. The minimum absolute atomic E-state index is 0.277. The van der Waals surface area contributed by atoms with Gasteiger partial charge in [0, 0.05) is 18.3 Å². The van der Waals surface area contributed by atoms with Crippen LogP contribution in [0.2, 0.25) is 0 Å². The monoisotopic (exact) mass is 256 g/mol. The van der Waals surface area contributed by atoms with Crippen LogP contribution in [0.25, 0.3) is 0 Å². The van der Waals surface area contributed by atoms with Gasteiger partial charge >= 0.3 is 0 Å². The molecular formula is C16H20N2O. The zero-order valence-electron chi connectivity index (χ0n) is 11.1. The number of anilines is 1. The first kappa shape index (κ1) is 12.3. The van der Waals surface area contributed by atoms with Crippen molar-refractivity contribution in [3.05, 3.63) is 42.5 Å². The molecule has 100 valence electrons. The number of amides is 1. The van der Waals surface area contributed by atoms with E-state index in [1.165, 1.54) is 0 Å². The lowest BCUT2D eigenvalue weighted by Crippen LogP contribution is -2.40. The summed E-state index contributed by atoms with van der Waals surface area (Å²) >= 11 is 0. The Hall–Kier alpha value is -1.77. The summed E-state index contributed by atoms with van der Waals surface area (Å²) in [4.78, 5) is 14.8. The smallest absolute Gasteiger partial charge is 0.233 e. The molecule has 0 saturated heterocycles. The van der Waals surface area contributed by atoms with Crippen LogP contribution < -0.4 is 5.73 Å². The predicted molar refractivity (Wildman–Crippen MR) is 76.7 cm³/mol. The molecule has 2 aliphatic rings. The maximum Gasteiger partial charge on any atom is 0.233 e. The summed E-state index contributed by atoms with van der Waals surface area (Å²) in [6.07, 6.45) is 6.01. The summed E-state index contributed by atoms with van der Waals surface area (Å²) in [5, 5.41) is 0. The molecular weight excluding hydrogens is 236 g/mol. The number of carbonyl (C=O) groups is 1. The number of carbonyl (C=O) groups excluding carboxylic acids is 1. The van der Waals surface area contributed by atoms with E-state index in [1.807, 2.05) is 35.2 Å². The third kappa shape index (κ3) is 2.14. The van der Waals surface area contributed by atoms with Gasteiger partial charge in [-0.25, -0.2) is 0 Å². The molecule has 0 heterocycles. The van der Waals surface area contributed by atoms with Gasteiger partial charge in [-0.15, -0.1) is 6.58 Å². The van der Waals surface area contributed by atoms with E-state index >= 15 is 0 Å². The van der Waals surface area contributed by atoms with Crippen LogP contribution in [-0.4, -0.2) is 23.4 Å². The molecule has 19 heavy (non-hydrogen) atoms. The van der Waals surface area contributed by atoms with Crippen molar-refractivity contribution in [3.8, 4) is 0 Å². The molecule has 2 N–H and O–H groups in total. The lowest BCUT2D eigenvalue weighted by atomic mass is 9.94. The molecule has 1 amide bonds. The number of hydrogen-bond donors (Lipinski definition) is 1. The highest BCUT2D eigenvalue weighted by Gasteiger charge is 2.54. The van der Waals surface area contributed by atoms with E-state index < -0.39 is 0 Å². The summed E-state index contributed by atoms with van der Waals surface area (Å²) in [5.41, 5.74) is 7.30. The molecule has 3 nitrogen and oxygen atoms in total. The van der Waals surface area contributed by atoms with E-state index in [1.54, 1.807) is 0 Å². The van der Waals surface area contributed by atoms with Gasteiger partial charge in [0.15, 0.2) is 0 Å². The number of rotatable bonds is 5. The Kier molecular flexibility index (Phi) is 2.85.